The largest absolute Gasteiger partial charge is 0.493 e. The molecule has 1 N–H and O–H groups in total. The third-order valence-corrected chi connectivity index (χ3v) is 2.76. The molecule has 5 nitrogen and oxygen atoms in total. The molecule has 0 heterocycles. The Labute approximate surface area is 125 Å². The predicted octanol–water partition coefficient (Wildman–Crippen LogP) is 2.08. The molecule has 0 aliphatic carbocycles. The third-order valence-electron chi connectivity index (χ3n) is 2.76. The monoisotopic (exact) mass is 291 g/mol. The fourth-order valence-electron chi connectivity index (χ4n) is 1.66. The highest BCUT2D eigenvalue weighted by atomic mass is 16.5. The maximum absolute atomic E-state index is 10.8. The van der Waals surface area contributed by atoms with Crippen LogP contribution in [0.1, 0.15) is 5.56 Å². The summed E-state index contributed by atoms with van der Waals surface area (Å²) in [5, 5.41) is 3.14. The first-order chi connectivity index (χ1) is 10.2. The number of methoxy groups -OCH3 is 3. The van der Waals surface area contributed by atoms with Crippen LogP contribution in [0.5, 0.6) is 11.5 Å². The van der Waals surface area contributed by atoms with Crippen molar-refractivity contribution in [2.75, 3.05) is 27.9 Å². The van der Waals surface area contributed by atoms with Crippen LogP contribution in [0.15, 0.2) is 42.6 Å². The van der Waals surface area contributed by atoms with Gasteiger partial charge < -0.3 is 19.5 Å². The van der Waals surface area contributed by atoms with Gasteiger partial charge in [-0.2, -0.15) is 0 Å². The minimum absolute atomic E-state index is 0.370. The Balaban J connectivity index is 2.37. The predicted molar refractivity (Wildman–Crippen MR) is 81.5 cm³/mol. The molecule has 0 amide bonds. The van der Waals surface area contributed by atoms with Crippen molar-refractivity contribution in [1.29, 1.82) is 0 Å². The molecule has 0 aliphatic rings. The first-order valence-corrected chi connectivity index (χ1v) is 6.56. The van der Waals surface area contributed by atoms with E-state index < -0.39 is 0 Å². The summed E-state index contributed by atoms with van der Waals surface area (Å²) in [4.78, 5) is 10.8. The molecule has 0 atom stereocenters. The molecule has 0 saturated carbocycles. The SMILES string of the molecule is COC(=O)/C=C/C=C/NCCc1ccc(OC)c(OC)c1. The molecule has 114 valence electrons. The summed E-state index contributed by atoms with van der Waals surface area (Å²) in [6, 6.07) is 5.86. The van der Waals surface area contributed by atoms with Crippen LogP contribution in [0.25, 0.3) is 0 Å². The molecule has 1 aromatic carbocycles. The zero-order chi connectivity index (χ0) is 15.5. The molecular formula is C16H21NO4. The summed E-state index contributed by atoms with van der Waals surface area (Å²) in [6.45, 7) is 0.776. The van der Waals surface area contributed by atoms with Gasteiger partial charge in [0.15, 0.2) is 11.5 Å². The average molecular weight is 291 g/mol. The minimum atomic E-state index is -0.370. The number of hydrogen-bond donors (Lipinski definition) is 1. The van der Waals surface area contributed by atoms with Crippen LogP contribution in [-0.4, -0.2) is 33.8 Å². The van der Waals surface area contributed by atoms with Gasteiger partial charge in [-0.25, -0.2) is 4.79 Å². The van der Waals surface area contributed by atoms with Crippen LogP contribution in [0.2, 0.25) is 0 Å². The molecule has 0 aliphatic heterocycles. The first-order valence-electron chi connectivity index (χ1n) is 6.56. The average Bonchev–Trinajstić information content (AvgIpc) is 2.53. The molecule has 0 saturated heterocycles. The Hall–Kier alpha value is -2.43. The molecule has 0 radical (unpaired) electrons. The number of hydrogen-bond acceptors (Lipinski definition) is 5. The number of ether oxygens (including phenoxy) is 3. The van der Waals surface area contributed by atoms with Gasteiger partial charge in [-0.15, -0.1) is 0 Å². The Kier molecular flexibility index (Phi) is 7.50. The molecule has 0 fully saturated rings. The zero-order valence-electron chi connectivity index (χ0n) is 12.6. The Morgan fingerprint density at radius 3 is 2.57 bits per heavy atom. The fourth-order valence-corrected chi connectivity index (χ4v) is 1.66. The molecule has 1 rings (SSSR count). The molecule has 0 aromatic heterocycles. The summed E-state index contributed by atoms with van der Waals surface area (Å²) in [7, 11) is 4.58. The summed E-state index contributed by atoms with van der Waals surface area (Å²) >= 11 is 0. The fraction of sp³-hybridized carbons (Fsp3) is 0.312. The van der Waals surface area contributed by atoms with Crippen molar-refractivity contribution < 1.29 is 19.0 Å². The summed E-state index contributed by atoms with van der Waals surface area (Å²) in [5.74, 6) is 1.08. The number of allylic oxidation sites excluding steroid dienone is 2. The van der Waals surface area contributed by atoms with Crippen molar-refractivity contribution in [3.05, 3.63) is 48.2 Å². The van der Waals surface area contributed by atoms with Gasteiger partial charge in [0.1, 0.15) is 0 Å². The molecular weight excluding hydrogens is 270 g/mol. The van der Waals surface area contributed by atoms with Crippen LogP contribution in [0.4, 0.5) is 0 Å². The number of benzene rings is 1. The van der Waals surface area contributed by atoms with Gasteiger partial charge in [-0.05, 0) is 36.4 Å². The number of carbonyl (C=O) groups is 1. The van der Waals surface area contributed by atoms with Crippen LogP contribution in [-0.2, 0) is 16.0 Å². The maximum atomic E-state index is 10.8. The number of carbonyl (C=O) groups excluding carboxylic acids is 1. The lowest BCUT2D eigenvalue weighted by atomic mass is 10.1. The van der Waals surface area contributed by atoms with E-state index in [9.17, 15) is 4.79 Å². The van der Waals surface area contributed by atoms with Gasteiger partial charge in [0.25, 0.3) is 0 Å². The highest BCUT2D eigenvalue weighted by Crippen LogP contribution is 2.27. The lowest BCUT2D eigenvalue weighted by molar-refractivity contribution is -0.134. The van der Waals surface area contributed by atoms with E-state index in [2.05, 4.69) is 10.1 Å². The summed E-state index contributed by atoms with van der Waals surface area (Å²) < 4.78 is 14.9. The van der Waals surface area contributed by atoms with E-state index in [1.165, 1.54) is 13.2 Å². The van der Waals surface area contributed by atoms with Crippen molar-refractivity contribution in [3.63, 3.8) is 0 Å². The Bertz CT molecular complexity index is 509. The van der Waals surface area contributed by atoms with E-state index in [4.69, 9.17) is 9.47 Å². The first kappa shape index (κ1) is 16.6. The minimum Gasteiger partial charge on any atom is -0.493 e. The Morgan fingerprint density at radius 2 is 1.90 bits per heavy atom. The van der Waals surface area contributed by atoms with Gasteiger partial charge in [0.05, 0.1) is 21.3 Å². The van der Waals surface area contributed by atoms with Crippen molar-refractivity contribution in [1.82, 2.24) is 5.32 Å². The quantitative estimate of drug-likeness (QED) is 0.344. The second kappa shape index (κ2) is 9.47. The van der Waals surface area contributed by atoms with Crippen molar-refractivity contribution in [2.45, 2.75) is 6.42 Å². The number of rotatable bonds is 8. The Morgan fingerprint density at radius 1 is 1.14 bits per heavy atom. The van der Waals surface area contributed by atoms with E-state index in [0.29, 0.717) is 0 Å². The van der Waals surface area contributed by atoms with E-state index in [-0.39, 0.29) is 5.97 Å². The van der Waals surface area contributed by atoms with E-state index in [0.717, 1.165) is 30.0 Å². The van der Waals surface area contributed by atoms with Crippen LogP contribution >= 0.6 is 0 Å². The van der Waals surface area contributed by atoms with Gasteiger partial charge in [-0.1, -0.05) is 12.1 Å². The lowest BCUT2D eigenvalue weighted by Crippen LogP contribution is -2.09. The van der Waals surface area contributed by atoms with Gasteiger partial charge in [-0.3, -0.25) is 0 Å². The van der Waals surface area contributed by atoms with Gasteiger partial charge >= 0.3 is 5.97 Å². The zero-order valence-corrected chi connectivity index (χ0v) is 12.6. The second-order valence-electron chi connectivity index (χ2n) is 4.13. The molecule has 0 bridgehead atoms. The molecule has 0 unspecified atom stereocenters. The van der Waals surface area contributed by atoms with E-state index >= 15 is 0 Å². The second-order valence-corrected chi connectivity index (χ2v) is 4.13. The van der Waals surface area contributed by atoms with Crippen LogP contribution < -0.4 is 14.8 Å². The van der Waals surface area contributed by atoms with Gasteiger partial charge in [0.2, 0.25) is 0 Å². The number of nitrogens with one attached hydrogen (secondary N) is 1. The van der Waals surface area contributed by atoms with E-state index in [1.54, 1.807) is 32.6 Å². The number of esters is 1. The molecule has 21 heavy (non-hydrogen) atoms. The van der Waals surface area contributed by atoms with Gasteiger partial charge in [0, 0.05) is 12.6 Å². The molecule has 1 aromatic rings. The lowest BCUT2D eigenvalue weighted by Gasteiger charge is -2.09. The highest BCUT2D eigenvalue weighted by molar-refractivity contribution is 5.82. The van der Waals surface area contributed by atoms with Crippen LogP contribution in [0, 0.1) is 0 Å². The normalized spacial score (nSPS) is 10.8. The van der Waals surface area contributed by atoms with Crippen molar-refractivity contribution in [2.24, 2.45) is 0 Å². The van der Waals surface area contributed by atoms with Crippen molar-refractivity contribution in [3.8, 4) is 11.5 Å². The van der Waals surface area contributed by atoms with Crippen molar-refractivity contribution >= 4 is 5.97 Å². The highest BCUT2D eigenvalue weighted by Gasteiger charge is 2.03. The summed E-state index contributed by atoms with van der Waals surface area (Å²) in [5.41, 5.74) is 1.15. The topological polar surface area (TPSA) is 56.8 Å². The van der Waals surface area contributed by atoms with E-state index in [1.807, 2.05) is 18.2 Å². The maximum Gasteiger partial charge on any atom is 0.330 e. The van der Waals surface area contributed by atoms with Crippen LogP contribution in [0.3, 0.4) is 0 Å². The molecule has 0 spiro atoms. The summed E-state index contributed by atoms with van der Waals surface area (Å²) in [6.07, 6.45) is 7.35. The standard InChI is InChI=1S/C16H21NO4/c1-19-14-8-7-13(12-15(14)20-2)9-11-17-10-5-4-6-16(18)21-3/h4-8,10,12,17H,9,11H2,1-3H3/b6-4+,10-5+. The smallest absolute Gasteiger partial charge is 0.330 e. The molecule has 5 heteroatoms. The third kappa shape index (κ3) is 6.03.